The third kappa shape index (κ3) is 3.60. The Morgan fingerprint density at radius 2 is 2.10 bits per heavy atom. The highest BCUT2D eigenvalue weighted by molar-refractivity contribution is 5.96. The molecule has 2 N–H and O–H groups in total. The number of nitrogen functional groups attached to an aromatic ring is 1. The molecular weight excluding hydrogens is 262 g/mol. The predicted molar refractivity (Wildman–Crippen MR) is 84.8 cm³/mol. The summed E-state index contributed by atoms with van der Waals surface area (Å²) < 4.78 is 0. The summed E-state index contributed by atoms with van der Waals surface area (Å²) in [5.41, 5.74) is 9.04. The van der Waals surface area contributed by atoms with Crippen molar-refractivity contribution in [1.82, 2.24) is 9.88 Å². The molecule has 0 radical (unpaired) electrons. The summed E-state index contributed by atoms with van der Waals surface area (Å²) in [5, 5.41) is 0. The fraction of sp³-hybridized carbons (Fsp3) is 0.294. The lowest BCUT2D eigenvalue weighted by Crippen LogP contribution is -2.36. The summed E-state index contributed by atoms with van der Waals surface area (Å²) >= 11 is 0. The van der Waals surface area contributed by atoms with E-state index in [1.165, 1.54) is 0 Å². The van der Waals surface area contributed by atoms with Gasteiger partial charge in [-0.25, -0.2) is 0 Å². The molecule has 1 aromatic heterocycles. The zero-order valence-electron chi connectivity index (χ0n) is 12.7. The zero-order chi connectivity index (χ0) is 15.4. The highest BCUT2D eigenvalue weighted by Gasteiger charge is 2.20. The molecule has 0 aliphatic heterocycles. The number of benzene rings is 1. The van der Waals surface area contributed by atoms with E-state index in [1.807, 2.05) is 43.9 Å². The first-order valence-electron chi connectivity index (χ1n) is 7.05. The normalized spacial score (nSPS) is 10.7. The van der Waals surface area contributed by atoms with E-state index in [0.29, 0.717) is 17.8 Å². The van der Waals surface area contributed by atoms with Crippen molar-refractivity contribution in [3.63, 3.8) is 0 Å². The fourth-order valence-corrected chi connectivity index (χ4v) is 2.26. The molecule has 0 saturated heterocycles. The number of pyridine rings is 1. The topological polar surface area (TPSA) is 59.2 Å². The van der Waals surface area contributed by atoms with E-state index in [1.54, 1.807) is 24.5 Å². The van der Waals surface area contributed by atoms with Gasteiger partial charge in [-0.05, 0) is 56.2 Å². The Bertz CT molecular complexity index is 623. The Hall–Kier alpha value is -2.36. The van der Waals surface area contributed by atoms with Crippen molar-refractivity contribution < 1.29 is 4.79 Å². The first-order chi connectivity index (χ1) is 9.99. The Balaban J connectivity index is 2.27. The lowest BCUT2D eigenvalue weighted by Gasteiger charge is -2.27. The van der Waals surface area contributed by atoms with Crippen LogP contribution >= 0.6 is 0 Å². The second-order valence-electron chi connectivity index (χ2n) is 5.46. The SMILES string of the molecule is Cc1cc(N)ccc1C(=O)N(Cc1cccnc1)C(C)C. The Morgan fingerprint density at radius 3 is 2.67 bits per heavy atom. The summed E-state index contributed by atoms with van der Waals surface area (Å²) in [5.74, 6) is 0.0198. The molecule has 0 saturated carbocycles. The van der Waals surface area contributed by atoms with Crippen molar-refractivity contribution in [1.29, 1.82) is 0 Å². The van der Waals surface area contributed by atoms with E-state index >= 15 is 0 Å². The highest BCUT2D eigenvalue weighted by atomic mass is 16.2. The van der Waals surface area contributed by atoms with Crippen LogP contribution in [0.2, 0.25) is 0 Å². The van der Waals surface area contributed by atoms with Crippen molar-refractivity contribution in [2.45, 2.75) is 33.4 Å². The van der Waals surface area contributed by atoms with Crippen LogP contribution in [0.15, 0.2) is 42.7 Å². The molecule has 2 aromatic rings. The van der Waals surface area contributed by atoms with Gasteiger partial charge in [-0.2, -0.15) is 0 Å². The van der Waals surface area contributed by atoms with Crippen LogP contribution in [0.25, 0.3) is 0 Å². The maximum Gasteiger partial charge on any atom is 0.254 e. The van der Waals surface area contributed by atoms with Gasteiger partial charge in [0.25, 0.3) is 5.91 Å². The van der Waals surface area contributed by atoms with Crippen LogP contribution in [-0.4, -0.2) is 21.8 Å². The van der Waals surface area contributed by atoms with Gasteiger partial charge < -0.3 is 10.6 Å². The van der Waals surface area contributed by atoms with Crippen molar-refractivity contribution in [3.8, 4) is 0 Å². The van der Waals surface area contributed by atoms with Crippen molar-refractivity contribution >= 4 is 11.6 Å². The number of carbonyl (C=O) groups is 1. The van der Waals surface area contributed by atoms with E-state index < -0.39 is 0 Å². The van der Waals surface area contributed by atoms with Gasteiger partial charge in [-0.3, -0.25) is 9.78 Å². The van der Waals surface area contributed by atoms with Crippen LogP contribution < -0.4 is 5.73 Å². The summed E-state index contributed by atoms with van der Waals surface area (Å²) in [4.78, 5) is 18.7. The molecule has 4 heteroatoms. The molecule has 4 nitrogen and oxygen atoms in total. The van der Waals surface area contributed by atoms with Gasteiger partial charge in [0.05, 0.1) is 0 Å². The van der Waals surface area contributed by atoms with Crippen molar-refractivity contribution in [2.24, 2.45) is 0 Å². The standard InChI is InChI=1S/C17H21N3O/c1-12(2)20(11-14-5-4-8-19-10-14)17(21)16-7-6-15(18)9-13(16)3/h4-10,12H,11,18H2,1-3H3. The van der Waals surface area contributed by atoms with E-state index in [0.717, 1.165) is 11.1 Å². The number of anilines is 1. The monoisotopic (exact) mass is 283 g/mol. The molecule has 0 aliphatic rings. The minimum Gasteiger partial charge on any atom is -0.399 e. The summed E-state index contributed by atoms with van der Waals surface area (Å²) in [6.07, 6.45) is 3.52. The molecule has 1 aromatic carbocycles. The zero-order valence-corrected chi connectivity index (χ0v) is 12.7. The van der Waals surface area contributed by atoms with Gasteiger partial charge >= 0.3 is 0 Å². The number of hydrogen-bond acceptors (Lipinski definition) is 3. The van der Waals surface area contributed by atoms with Gasteiger partial charge in [0.1, 0.15) is 0 Å². The van der Waals surface area contributed by atoms with E-state index in [4.69, 9.17) is 5.73 Å². The summed E-state index contributed by atoms with van der Waals surface area (Å²) in [6.45, 7) is 6.49. The van der Waals surface area contributed by atoms with Gasteiger partial charge in [0, 0.05) is 36.2 Å². The smallest absolute Gasteiger partial charge is 0.254 e. The molecule has 2 rings (SSSR count). The summed E-state index contributed by atoms with van der Waals surface area (Å²) in [6, 6.07) is 9.36. The van der Waals surface area contributed by atoms with Crippen LogP contribution in [0.1, 0.15) is 35.3 Å². The molecule has 0 bridgehead atoms. The summed E-state index contributed by atoms with van der Waals surface area (Å²) in [7, 11) is 0. The number of rotatable bonds is 4. The third-order valence-corrected chi connectivity index (χ3v) is 3.44. The average Bonchev–Trinajstić information content (AvgIpc) is 2.45. The second-order valence-corrected chi connectivity index (χ2v) is 5.46. The average molecular weight is 283 g/mol. The molecule has 1 heterocycles. The number of aromatic nitrogens is 1. The van der Waals surface area contributed by atoms with Gasteiger partial charge in [-0.1, -0.05) is 6.07 Å². The maximum absolute atomic E-state index is 12.8. The fourth-order valence-electron chi connectivity index (χ4n) is 2.26. The third-order valence-electron chi connectivity index (χ3n) is 3.44. The number of carbonyl (C=O) groups excluding carboxylic acids is 1. The second kappa shape index (κ2) is 6.39. The van der Waals surface area contributed by atoms with Gasteiger partial charge in [-0.15, -0.1) is 0 Å². The number of aryl methyl sites for hydroxylation is 1. The predicted octanol–water partition coefficient (Wildman–Crippen LogP) is 3.02. The first kappa shape index (κ1) is 15.0. The van der Waals surface area contributed by atoms with Gasteiger partial charge in [0.2, 0.25) is 0 Å². The van der Waals surface area contributed by atoms with Crippen molar-refractivity contribution in [3.05, 3.63) is 59.4 Å². The van der Waals surface area contributed by atoms with Crippen LogP contribution in [0.5, 0.6) is 0 Å². The van der Waals surface area contributed by atoms with Crippen LogP contribution in [0.3, 0.4) is 0 Å². The van der Waals surface area contributed by atoms with Crippen LogP contribution in [-0.2, 0) is 6.54 Å². The quantitative estimate of drug-likeness (QED) is 0.877. The molecule has 110 valence electrons. The van der Waals surface area contributed by atoms with E-state index in [9.17, 15) is 4.79 Å². The lowest BCUT2D eigenvalue weighted by molar-refractivity contribution is 0.0689. The molecule has 0 atom stereocenters. The number of amides is 1. The molecular formula is C17H21N3O. The number of hydrogen-bond donors (Lipinski definition) is 1. The highest BCUT2D eigenvalue weighted by Crippen LogP contribution is 2.18. The largest absolute Gasteiger partial charge is 0.399 e. The van der Waals surface area contributed by atoms with Gasteiger partial charge in [0.15, 0.2) is 0 Å². The number of nitrogens with zero attached hydrogens (tertiary/aromatic N) is 2. The van der Waals surface area contributed by atoms with E-state index in [2.05, 4.69) is 4.98 Å². The molecule has 21 heavy (non-hydrogen) atoms. The maximum atomic E-state index is 12.8. The Morgan fingerprint density at radius 1 is 1.33 bits per heavy atom. The molecule has 0 unspecified atom stereocenters. The Kier molecular flexibility index (Phi) is 4.58. The first-order valence-corrected chi connectivity index (χ1v) is 7.05. The molecule has 0 aliphatic carbocycles. The van der Waals surface area contributed by atoms with Crippen LogP contribution in [0, 0.1) is 6.92 Å². The molecule has 0 spiro atoms. The number of nitrogens with two attached hydrogens (primary N) is 1. The van der Waals surface area contributed by atoms with E-state index in [-0.39, 0.29) is 11.9 Å². The minimum atomic E-state index is 0.0198. The molecule has 1 amide bonds. The lowest BCUT2D eigenvalue weighted by atomic mass is 10.1. The molecule has 0 fully saturated rings. The van der Waals surface area contributed by atoms with Crippen LogP contribution in [0.4, 0.5) is 5.69 Å². The Labute approximate surface area is 125 Å². The minimum absolute atomic E-state index is 0.0198. The van der Waals surface area contributed by atoms with Crippen molar-refractivity contribution in [2.75, 3.05) is 5.73 Å².